The average molecular weight is 287 g/mol. The lowest BCUT2D eigenvalue weighted by Gasteiger charge is -2.04. The summed E-state index contributed by atoms with van der Waals surface area (Å²) in [6.07, 6.45) is 1.45. The van der Waals surface area contributed by atoms with Crippen molar-refractivity contribution in [1.29, 1.82) is 0 Å². The van der Waals surface area contributed by atoms with Crippen molar-refractivity contribution in [2.75, 3.05) is 0 Å². The SMILES string of the molecule is O=C(O)c1ccnc2ccc(Br)c(Cl)c12. The van der Waals surface area contributed by atoms with E-state index in [4.69, 9.17) is 16.7 Å². The molecule has 3 nitrogen and oxygen atoms in total. The van der Waals surface area contributed by atoms with Gasteiger partial charge in [-0.3, -0.25) is 4.98 Å². The quantitative estimate of drug-likeness (QED) is 0.874. The summed E-state index contributed by atoms with van der Waals surface area (Å²) in [7, 11) is 0. The van der Waals surface area contributed by atoms with Crippen LogP contribution in [-0.2, 0) is 0 Å². The van der Waals surface area contributed by atoms with Gasteiger partial charge in [0.15, 0.2) is 0 Å². The van der Waals surface area contributed by atoms with Gasteiger partial charge in [-0.15, -0.1) is 0 Å². The summed E-state index contributed by atoms with van der Waals surface area (Å²) in [6, 6.07) is 4.89. The van der Waals surface area contributed by atoms with E-state index in [-0.39, 0.29) is 5.56 Å². The van der Waals surface area contributed by atoms with Crippen LogP contribution in [0.4, 0.5) is 0 Å². The van der Waals surface area contributed by atoms with Crippen molar-refractivity contribution in [3.63, 3.8) is 0 Å². The molecule has 15 heavy (non-hydrogen) atoms. The zero-order valence-corrected chi connectivity index (χ0v) is 9.71. The maximum absolute atomic E-state index is 11.0. The molecule has 0 fully saturated rings. The lowest BCUT2D eigenvalue weighted by molar-refractivity contribution is 0.0699. The Morgan fingerprint density at radius 3 is 2.80 bits per heavy atom. The first-order valence-electron chi connectivity index (χ1n) is 4.07. The summed E-state index contributed by atoms with van der Waals surface area (Å²) < 4.78 is 0.659. The van der Waals surface area contributed by atoms with E-state index in [0.29, 0.717) is 20.4 Å². The highest BCUT2D eigenvalue weighted by Crippen LogP contribution is 2.32. The second kappa shape index (κ2) is 3.79. The summed E-state index contributed by atoms with van der Waals surface area (Å²) in [6.45, 7) is 0. The fourth-order valence-electron chi connectivity index (χ4n) is 1.36. The van der Waals surface area contributed by atoms with Crippen LogP contribution >= 0.6 is 27.5 Å². The third-order valence-corrected chi connectivity index (χ3v) is 3.31. The van der Waals surface area contributed by atoms with E-state index >= 15 is 0 Å². The molecule has 76 valence electrons. The first-order valence-corrected chi connectivity index (χ1v) is 5.24. The lowest BCUT2D eigenvalue weighted by atomic mass is 10.1. The molecule has 1 aromatic carbocycles. The maximum atomic E-state index is 11.0. The first-order chi connectivity index (χ1) is 7.11. The number of benzene rings is 1. The monoisotopic (exact) mass is 285 g/mol. The number of halogens is 2. The summed E-state index contributed by atoms with van der Waals surface area (Å²) in [5.74, 6) is -1.01. The summed E-state index contributed by atoms with van der Waals surface area (Å²) in [4.78, 5) is 15.0. The van der Waals surface area contributed by atoms with E-state index in [9.17, 15) is 4.79 Å². The molecule has 2 aromatic rings. The fourth-order valence-corrected chi connectivity index (χ4v) is 1.95. The molecule has 0 spiro atoms. The van der Waals surface area contributed by atoms with Crippen molar-refractivity contribution in [3.05, 3.63) is 39.5 Å². The Kier molecular flexibility index (Phi) is 2.63. The highest BCUT2D eigenvalue weighted by atomic mass is 79.9. The third kappa shape index (κ3) is 1.70. The van der Waals surface area contributed by atoms with Gasteiger partial charge in [0.05, 0.1) is 16.1 Å². The van der Waals surface area contributed by atoms with Gasteiger partial charge in [0.1, 0.15) is 0 Å². The van der Waals surface area contributed by atoms with Crippen molar-refractivity contribution in [2.45, 2.75) is 0 Å². The number of hydrogen-bond donors (Lipinski definition) is 1. The van der Waals surface area contributed by atoms with Crippen LogP contribution in [0.5, 0.6) is 0 Å². The Hall–Kier alpha value is -1.13. The van der Waals surface area contributed by atoms with Gasteiger partial charge in [-0.1, -0.05) is 11.6 Å². The molecular formula is C10H5BrClNO2. The van der Waals surface area contributed by atoms with Crippen molar-refractivity contribution < 1.29 is 9.90 Å². The van der Waals surface area contributed by atoms with Gasteiger partial charge in [-0.05, 0) is 34.1 Å². The molecule has 1 aromatic heterocycles. The molecule has 0 amide bonds. The predicted octanol–water partition coefficient (Wildman–Crippen LogP) is 3.35. The molecule has 0 aliphatic heterocycles. The average Bonchev–Trinajstić information content (AvgIpc) is 2.23. The highest BCUT2D eigenvalue weighted by Gasteiger charge is 2.13. The Morgan fingerprint density at radius 2 is 2.13 bits per heavy atom. The van der Waals surface area contributed by atoms with E-state index in [2.05, 4.69) is 20.9 Å². The van der Waals surface area contributed by atoms with Crippen LogP contribution < -0.4 is 0 Å². The minimum Gasteiger partial charge on any atom is -0.478 e. The molecular weight excluding hydrogens is 281 g/mol. The normalized spacial score (nSPS) is 10.5. The number of fused-ring (bicyclic) bond motifs is 1. The number of aromatic nitrogens is 1. The second-order valence-electron chi connectivity index (χ2n) is 2.92. The van der Waals surface area contributed by atoms with Gasteiger partial charge in [-0.25, -0.2) is 4.79 Å². The van der Waals surface area contributed by atoms with Gasteiger partial charge in [0.25, 0.3) is 0 Å². The van der Waals surface area contributed by atoms with Gasteiger partial charge < -0.3 is 5.11 Å². The zero-order valence-electron chi connectivity index (χ0n) is 7.37. The minimum atomic E-state index is -1.01. The molecule has 5 heteroatoms. The number of nitrogens with zero attached hydrogens (tertiary/aromatic N) is 1. The topological polar surface area (TPSA) is 50.2 Å². The van der Waals surface area contributed by atoms with E-state index < -0.39 is 5.97 Å². The van der Waals surface area contributed by atoms with Crippen LogP contribution in [0.15, 0.2) is 28.9 Å². The summed E-state index contributed by atoms with van der Waals surface area (Å²) in [5, 5.41) is 9.83. The molecule has 0 aliphatic rings. The molecule has 0 bridgehead atoms. The van der Waals surface area contributed by atoms with E-state index in [1.807, 2.05) is 0 Å². The highest BCUT2D eigenvalue weighted by molar-refractivity contribution is 9.10. The predicted molar refractivity (Wildman–Crippen MR) is 61.4 cm³/mol. The van der Waals surface area contributed by atoms with Crippen molar-refractivity contribution in [2.24, 2.45) is 0 Å². The number of carboxylic acids is 1. The summed E-state index contributed by atoms with van der Waals surface area (Å²) in [5.41, 5.74) is 0.731. The number of rotatable bonds is 1. The Balaban J connectivity index is 2.94. The molecule has 0 unspecified atom stereocenters. The number of pyridine rings is 1. The Labute approximate surface area is 98.8 Å². The number of hydrogen-bond acceptors (Lipinski definition) is 2. The van der Waals surface area contributed by atoms with Gasteiger partial charge in [0, 0.05) is 16.1 Å². The second-order valence-corrected chi connectivity index (χ2v) is 4.15. The van der Waals surface area contributed by atoms with Gasteiger partial charge >= 0.3 is 5.97 Å². The largest absolute Gasteiger partial charge is 0.478 e. The van der Waals surface area contributed by atoms with Crippen LogP contribution in [-0.4, -0.2) is 16.1 Å². The lowest BCUT2D eigenvalue weighted by Crippen LogP contribution is -1.98. The van der Waals surface area contributed by atoms with Crippen LogP contribution in [0, 0.1) is 0 Å². The molecule has 2 rings (SSSR count). The van der Waals surface area contributed by atoms with Crippen molar-refractivity contribution in [1.82, 2.24) is 4.98 Å². The fraction of sp³-hybridized carbons (Fsp3) is 0. The minimum absolute atomic E-state index is 0.159. The van der Waals surface area contributed by atoms with Crippen LogP contribution in [0.1, 0.15) is 10.4 Å². The van der Waals surface area contributed by atoms with E-state index in [1.165, 1.54) is 12.3 Å². The Bertz CT molecular complexity index is 556. The maximum Gasteiger partial charge on any atom is 0.336 e. The third-order valence-electron chi connectivity index (χ3n) is 2.03. The van der Waals surface area contributed by atoms with E-state index in [0.717, 1.165) is 0 Å². The molecule has 0 saturated heterocycles. The van der Waals surface area contributed by atoms with Crippen molar-refractivity contribution >= 4 is 44.4 Å². The van der Waals surface area contributed by atoms with Crippen molar-refractivity contribution in [3.8, 4) is 0 Å². The zero-order chi connectivity index (χ0) is 11.0. The standard InChI is InChI=1S/C10H5BrClNO2/c11-6-1-2-7-8(9(6)12)5(10(14)15)3-4-13-7/h1-4H,(H,14,15). The Morgan fingerprint density at radius 1 is 1.40 bits per heavy atom. The molecule has 0 radical (unpaired) electrons. The van der Waals surface area contributed by atoms with Crippen LogP contribution in [0.25, 0.3) is 10.9 Å². The van der Waals surface area contributed by atoms with Crippen LogP contribution in [0.3, 0.4) is 0 Å². The first kappa shape index (κ1) is 10.4. The molecule has 0 atom stereocenters. The molecule has 1 heterocycles. The molecule has 0 aliphatic carbocycles. The smallest absolute Gasteiger partial charge is 0.336 e. The van der Waals surface area contributed by atoms with Gasteiger partial charge in [-0.2, -0.15) is 0 Å². The summed E-state index contributed by atoms with van der Waals surface area (Å²) >= 11 is 9.27. The molecule has 1 N–H and O–H groups in total. The number of carboxylic acid groups (broad SMARTS) is 1. The molecule has 0 saturated carbocycles. The van der Waals surface area contributed by atoms with Gasteiger partial charge in [0.2, 0.25) is 0 Å². The van der Waals surface area contributed by atoms with E-state index in [1.54, 1.807) is 12.1 Å². The number of aromatic carboxylic acids is 1. The number of carbonyl (C=O) groups is 1. The van der Waals surface area contributed by atoms with Crippen LogP contribution in [0.2, 0.25) is 5.02 Å².